The zero-order chi connectivity index (χ0) is 14.8. The molecule has 0 bridgehead atoms. The van der Waals surface area contributed by atoms with Crippen LogP contribution in [0.4, 0.5) is 0 Å². The number of aliphatic carboxylic acids is 1. The molecule has 1 heterocycles. The second kappa shape index (κ2) is 5.64. The highest BCUT2D eigenvalue weighted by molar-refractivity contribution is 5.93. The molecule has 1 aromatic rings. The van der Waals surface area contributed by atoms with E-state index in [4.69, 9.17) is 5.11 Å². The third-order valence-corrected chi connectivity index (χ3v) is 3.90. The lowest BCUT2D eigenvalue weighted by molar-refractivity contribution is -0.139. The zero-order valence-electron chi connectivity index (χ0n) is 12.0. The number of hydrogen-bond donors (Lipinski definition) is 2. The molecule has 20 heavy (non-hydrogen) atoms. The van der Waals surface area contributed by atoms with Crippen LogP contribution in [0, 0.1) is 0 Å². The van der Waals surface area contributed by atoms with Gasteiger partial charge in [0.15, 0.2) is 0 Å². The molecule has 6 heteroatoms. The summed E-state index contributed by atoms with van der Waals surface area (Å²) >= 11 is 0. The molecule has 6 nitrogen and oxygen atoms in total. The van der Waals surface area contributed by atoms with E-state index in [1.165, 1.54) is 0 Å². The highest BCUT2D eigenvalue weighted by Gasteiger charge is 2.40. The van der Waals surface area contributed by atoms with Crippen LogP contribution >= 0.6 is 0 Å². The van der Waals surface area contributed by atoms with Crippen LogP contribution in [0.2, 0.25) is 0 Å². The summed E-state index contributed by atoms with van der Waals surface area (Å²) in [6.45, 7) is 4.54. The van der Waals surface area contributed by atoms with Gasteiger partial charge in [-0.15, -0.1) is 0 Å². The first-order chi connectivity index (χ1) is 9.49. The summed E-state index contributed by atoms with van der Waals surface area (Å²) in [6.07, 6.45) is 3.17. The molecule has 0 unspecified atom stereocenters. The maximum absolute atomic E-state index is 12.4. The molecule has 0 spiro atoms. The standard InChI is InChI=1S/C14H21N3O3/c1-3-10-8-11(17(4-2)16-10)13(20)15-14(6-5-7-14)9-12(18)19/h8H,3-7,9H2,1-2H3,(H,15,20)(H,18,19). The molecule has 0 atom stereocenters. The molecular weight excluding hydrogens is 258 g/mol. The monoisotopic (exact) mass is 279 g/mol. The Morgan fingerprint density at radius 1 is 1.45 bits per heavy atom. The van der Waals surface area contributed by atoms with Crippen molar-refractivity contribution in [3.63, 3.8) is 0 Å². The number of aromatic nitrogens is 2. The second-order valence-corrected chi connectivity index (χ2v) is 5.35. The minimum atomic E-state index is -0.872. The van der Waals surface area contributed by atoms with Gasteiger partial charge in [-0.2, -0.15) is 5.10 Å². The number of carboxylic acid groups (broad SMARTS) is 1. The van der Waals surface area contributed by atoms with Crippen LogP contribution in [0.25, 0.3) is 0 Å². The SMILES string of the molecule is CCc1cc(C(=O)NC2(CC(=O)O)CCC2)n(CC)n1. The van der Waals surface area contributed by atoms with Crippen LogP contribution < -0.4 is 5.32 Å². The van der Waals surface area contributed by atoms with Gasteiger partial charge in [-0.1, -0.05) is 6.92 Å². The Hall–Kier alpha value is -1.85. The Morgan fingerprint density at radius 2 is 2.15 bits per heavy atom. The predicted molar refractivity (Wildman–Crippen MR) is 73.6 cm³/mol. The van der Waals surface area contributed by atoms with Crippen molar-refractivity contribution in [2.45, 2.75) is 58.0 Å². The Labute approximate surface area is 118 Å². The molecule has 1 aliphatic rings. The fourth-order valence-corrected chi connectivity index (χ4v) is 2.61. The van der Waals surface area contributed by atoms with Gasteiger partial charge in [0, 0.05) is 6.54 Å². The van der Waals surface area contributed by atoms with Gasteiger partial charge in [0.05, 0.1) is 17.7 Å². The molecule has 0 aliphatic heterocycles. The molecule has 0 radical (unpaired) electrons. The number of aryl methyl sites for hydroxylation is 2. The van der Waals surface area contributed by atoms with Gasteiger partial charge in [0.25, 0.3) is 5.91 Å². The number of carbonyl (C=O) groups is 2. The van der Waals surface area contributed by atoms with E-state index in [1.807, 2.05) is 13.8 Å². The third-order valence-electron chi connectivity index (χ3n) is 3.90. The number of nitrogens with zero attached hydrogens (tertiary/aromatic N) is 2. The van der Waals surface area contributed by atoms with Crippen LogP contribution in [0.15, 0.2) is 6.07 Å². The van der Waals surface area contributed by atoms with Crippen molar-refractivity contribution in [2.75, 3.05) is 0 Å². The van der Waals surface area contributed by atoms with Gasteiger partial charge in [0.2, 0.25) is 0 Å². The van der Waals surface area contributed by atoms with Gasteiger partial charge in [-0.25, -0.2) is 0 Å². The molecule has 2 N–H and O–H groups in total. The molecule has 0 aromatic carbocycles. The average Bonchev–Trinajstić information content (AvgIpc) is 2.78. The first kappa shape index (κ1) is 14.6. The number of hydrogen-bond acceptors (Lipinski definition) is 3. The fourth-order valence-electron chi connectivity index (χ4n) is 2.61. The number of nitrogens with one attached hydrogen (secondary N) is 1. The first-order valence-corrected chi connectivity index (χ1v) is 7.10. The van der Waals surface area contributed by atoms with E-state index < -0.39 is 11.5 Å². The van der Waals surface area contributed by atoms with Gasteiger partial charge in [-0.05, 0) is 38.7 Å². The predicted octanol–water partition coefficient (Wildman–Crippen LogP) is 1.59. The third kappa shape index (κ3) is 2.84. The van der Waals surface area contributed by atoms with E-state index in [-0.39, 0.29) is 12.3 Å². The Morgan fingerprint density at radius 3 is 2.60 bits per heavy atom. The van der Waals surface area contributed by atoms with Gasteiger partial charge in [-0.3, -0.25) is 14.3 Å². The summed E-state index contributed by atoms with van der Waals surface area (Å²) in [5.74, 6) is -1.09. The number of amides is 1. The van der Waals surface area contributed by atoms with Gasteiger partial charge < -0.3 is 10.4 Å². The van der Waals surface area contributed by atoms with E-state index in [0.29, 0.717) is 12.2 Å². The number of carbonyl (C=O) groups excluding carboxylic acids is 1. The van der Waals surface area contributed by atoms with Crippen molar-refractivity contribution in [1.29, 1.82) is 0 Å². The molecular formula is C14H21N3O3. The van der Waals surface area contributed by atoms with Crippen molar-refractivity contribution in [1.82, 2.24) is 15.1 Å². The van der Waals surface area contributed by atoms with Crippen LogP contribution in [0.3, 0.4) is 0 Å². The largest absolute Gasteiger partial charge is 0.481 e. The van der Waals surface area contributed by atoms with E-state index in [0.717, 1.165) is 31.4 Å². The maximum atomic E-state index is 12.4. The molecule has 0 saturated heterocycles. The molecule has 1 amide bonds. The number of carboxylic acids is 1. The Balaban J connectivity index is 2.15. The molecule has 110 valence electrons. The highest BCUT2D eigenvalue weighted by atomic mass is 16.4. The van der Waals surface area contributed by atoms with Crippen molar-refractivity contribution in [3.05, 3.63) is 17.5 Å². The van der Waals surface area contributed by atoms with Gasteiger partial charge >= 0.3 is 5.97 Å². The van der Waals surface area contributed by atoms with E-state index >= 15 is 0 Å². The lowest BCUT2D eigenvalue weighted by atomic mass is 9.74. The van der Waals surface area contributed by atoms with Crippen molar-refractivity contribution in [3.8, 4) is 0 Å². The zero-order valence-corrected chi connectivity index (χ0v) is 12.0. The molecule has 1 aromatic heterocycles. The van der Waals surface area contributed by atoms with Crippen molar-refractivity contribution < 1.29 is 14.7 Å². The Kier molecular flexibility index (Phi) is 4.11. The molecule has 1 saturated carbocycles. The summed E-state index contributed by atoms with van der Waals surface area (Å²) in [5.41, 5.74) is 0.817. The first-order valence-electron chi connectivity index (χ1n) is 7.10. The normalized spacial score (nSPS) is 16.5. The fraction of sp³-hybridized carbons (Fsp3) is 0.643. The summed E-state index contributed by atoms with van der Waals surface area (Å²) in [5, 5.41) is 16.2. The lowest BCUT2D eigenvalue weighted by Gasteiger charge is -2.41. The highest BCUT2D eigenvalue weighted by Crippen LogP contribution is 2.35. The Bertz CT molecular complexity index is 518. The smallest absolute Gasteiger partial charge is 0.305 e. The van der Waals surface area contributed by atoms with Crippen molar-refractivity contribution >= 4 is 11.9 Å². The summed E-state index contributed by atoms with van der Waals surface area (Å²) in [7, 11) is 0. The topological polar surface area (TPSA) is 84.2 Å². The average molecular weight is 279 g/mol. The van der Waals surface area contributed by atoms with Crippen LogP contribution in [0.1, 0.15) is 55.7 Å². The van der Waals surface area contributed by atoms with E-state index in [9.17, 15) is 9.59 Å². The van der Waals surface area contributed by atoms with Crippen molar-refractivity contribution in [2.24, 2.45) is 0 Å². The van der Waals surface area contributed by atoms with E-state index in [2.05, 4.69) is 10.4 Å². The van der Waals surface area contributed by atoms with Crippen LogP contribution in [-0.4, -0.2) is 32.3 Å². The second-order valence-electron chi connectivity index (χ2n) is 5.35. The van der Waals surface area contributed by atoms with Gasteiger partial charge in [0.1, 0.15) is 5.69 Å². The molecule has 1 aliphatic carbocycles. The summed E-state index contributed by atoms with van der Waals surface area (Å²) < 4.78 is 1.67. The summed E-state index contributed by atoms with van der Waals surface area (Å²) in [4.78, 5) is 23.3. The van der Waals surface area contributed by atoms with Crippen LogP contribution in [-0.2, 0) is 17.8 Å². The number of rotatable bonds is 6. The van der Waals surface area contributed by atoms with E-state index in [1.54, 1.807) is 10.7 Å². The summed E-state index contributed by atoms with van der Waals surface area (Å²) in [6, 6.07) is 1.78. The molecule has 2 rings (SSSR count). The maximum Gasteiger partial charge on any atom is 0.305 e. The van der Waals surface area contributed by atoms with Crippen LogP contribution in [0.5, 0.6) is 0 Å². The minimum absolute atomic E-state index is 0.0142. The lowest BCUT2D eigenvalue weighted by Crippen LogP contribution is -2.55. The molecule has 1 fully saturated rings. The minimum Gasteiger partial charge on any atom is -0.481 e. The quantitative estimate of drug-likeness (QED) is 0.828.